The number of hydrogen-bond donors (Lipinski definition) is 1. The lowest BCUT2D eigenvalue weighted by atomic mass is 10.0. The number of rotatable bonds is 1. The number of aromatic nitrogens is 2. The third-order valence-electron chi connectivity index (χ3n) is 3.11. The highest BCUT2D eigenvalue weighted by Crippen LogP contribution is 2.39. The molecule has 0 aliphatic carbocycles. The molecule has 0 unspecified atom stereocenters. The van der Waals surface area contributed by atoms with Crippen LogP contribution in [0.15, 0.2) is 33.8 Å². The maximum atomic E-state index is 6.48. The largest absolute Gasteiger partial charge is 0.361 e. The quantitative estimate of drug-likeness (QED) is 0.673. The Labute approximate surface area is 121 Å². The Kier molecular flexibility index (Phi) is 2.99. The minimum atomic E-state index is 0.600. The van der Waals surface area contributed by atoms with Crippen molar-refractivity contribution in [1.29, 1.82) is 0 Å². The summed E-state index contributed by atoms with van der Waals surface area (Å²) in [7, 11) is 0. The molecule has 2 heterocycles. The maximum absolute atomic E-state index is 6.48. The first-order chi connectivity index (χ1) is 9.09. The molecule has 0 aliphatic heterocycles. The van der Waals surface area contributed by atoms with Crippen LogP contribution in [0.4, 0.5) is 0 Å². The van der Waals surface area contributed by atoms with E-state index in [9.17, 15) is 0 Å². The third kappa shape index (κ3) is 1.91. The molecule has 0 saturated carbocycles. The van der Waals surface area contributed by atoms with Crippen LogP contribution in [0, 0.1) is 13.8 Å². The summed E-state index contributed by atoms with van der Waals surface area (Å²) < 4.78 is 5.20. The van der Waals surface area contributed by atoms with Gasteiger partial charge in [-0.2, -0.15) is 0 Å². The molecule has 0 saturated heterocycles. The van der Waals surface area contributed by atoms with Crippen molar-refractivity contribution in [3.63, 3.8) is 0 Å². The molecule has 0 atom stereocenters. The zero-order valence-electron chi connectivity index (χ0n) is 10.4. The Morgan fingerprint density at radius 2 is 2.11 bits per heavy atom. The molecule has 3 rings (SSSR count). The topological polar surface area (TPSA) is 38.9 Å². The fraction of sp³-hybridized carbons (Fsp3) is 0.143. The van der Waals surface area contributed by atoms with E-state index in [0.29, 0.717) is 5.02 Å². The number of nitrogens with zero attached hydrogens (tertiary/aromatic N) is 2. The normalized spacial score (nSPS) is 11.2. The number of fused-ring (bicyclic) bond motifs is 1. The number of thiol groups is 1. The minimum absolute atomic E-state index is 0.600. The number of aryl methyl sites for hydroxylation is 2. The van der Waals surface area contributed by atoms with Gasteiger partial charge in [0.05, 0.1) is 16.2 Å². The van der Waals surface area contributed by atoms with Crippen molar-refractivity contribution in [2.24, 2.45) is 0 Å². The molecule has 0 fully saturated rings. The lowest BCUT2D eigenvalue weighted by Gasteiger charge is -2.09. The van der Waals surface area contributed by atoms with Crippen molar-refractivity contribution in [1.82, 2.24) is 10.1 Å². The number of hydrogen-bond acceptors (Lipinski definition) is 4. The first kappa shape index (κ1) is 12.5. The molecular weight excluding hydrogens is 280 g/mol. The Morgan fingerprint density at radius 3 is 2.79 bits per heavy atom. The lowest BCUT2D eigenvalue weighted by Crippen LogP contribution is -1.88. The van der Waals surface area contributed by atoms with Crippen molar-refractivity contribution >= 4 is 35.1 Å². The van der Waals surface area contributed by atoms with Crippen LogP contribution in [-0.2, 0) is 0 Å². The van der Waals surface area contributed by atoms with E-state index < -0.39 is 0 Å². The maximum Gasteiger partial charge on any atom is 0.141 e. The van der Waals surface area contributed by atoms with Crippen molar-refractivity contribution in [2.75, 3.05) is 0 Å². The van der Waals surface area contributed by atoms with Crippen LogP contribution in [0.1, 0.15) is 11.5 Å². The van der Waals surface area contributed by atoms with Gasteiger partial charge in [0.15, 0.2) is 0 Å². The summed E-state index contributed by atoms with van der Waals surface area (Å²) >= 11 is 11.0. The Balaban J connectivity index is 2.41. The van der Waals surface area contributed by atoms with Gasteiger partial charge in [0.25, 0.3) is 0 Å². The predicted molar refractivity (Wildman–Crippen MR) is 79.0 cm³/mol. The van der Waals surface area contributed by atoms with Gasteiger partial charge in [-0.3, -0.25) is 4.98 Å². The average molecular weight is 291 g/mol. The second-order valence-corrected chi connectivity index (χ2v) is 5.22. The van der Waals surface area contributed by atoms with Crippen molar-refractivity contribution < 1.29 is 4.52 Å². The van der Waals surface area contributed by atoms with Crippen molar-refractivity contribution in [3.05, 3.63) is 40.9 Å². The summed E-state index contributed by atoms with van der Waals surface area (Å²) in [6, 6.07) is 5.75. The van der Waals surface area contributed by atoms with Gasteiger partial charge in [0, 0.05) is 27.6 Å². The van der Waals surface area contributed by atoms with Crippen LogP contribution in [0.25, 0.3) is 22.0 Å². The zero-order valence-corrected chi connectivity index (χ0v) is 12.1. The second kappa shape index (κ2) is 4.54. The van der Waals surface area contributed by atoms with Gasteiger partial charge in [-0.25, -0.2) is 0 Å². The van der Waals surface area contributed by atoms with E-state index in [1.807, 2.05) is 32.0 Å². The molecule has 19 heavy (non-hydrogen) atoms. The van der Waals surface area contributed by atoms with E-state index in [4.69, 9.17) is 16.1 Å². The van der Waals surface area contributed by atoms with Gasteiger partial charge < -0.3 is 4.52 Å². The first-order valence-corrected chi connectivity index (χ1v) is 6.61. The molecule has 3 aromatic rings. The summed E-state index contributed by atoms with van der Waals surface area (Å²) in [4.78, 5) is 5.18. The number of pyridine rings is 1. The number of benzene rings is 1. The monoisotopic (exact) mass is 290 g/mol. The predicted octanol–water partition coefficient (Wildman–Crippen LogP) is 4.45. The molecular formula is C14H11ClN2OS. The van der Waals surface area contributed by atoms with E-state index >= 15 is 0 Å². The fourth-order valence-corrected chi connectivity index (χ4v) is 2.85. The SMILES string of the molecule is Cc1noc(C)c1-c1cc(S)c2cccnc2c1Cl. The van der Waals surface area contributed by atoms with Crippen LogP contribution in [0.3, 0.4) is 0 Å². The van der Waals surface area contributed by atoms with Gasteiger partial charge in [-0.15, -0.1) is 12.6 Å². The second-order valence-electron chi connectivity index (χ2n) is 4.36. The Morgan fingerprint density at radius 1 is 1.32 bits per heavy atom. The fourth-order valence-electron chi connectivity index (χ4n) is 2.24. The van der Waals surface area contributed by atoms with Crippen molar-refractivity contribution in [3.8, 4) is 11.1 Å². The van der Waals surface area contributed by atoms with Crippen LogP contribution in [-0.4, -0.2) is 10.1 Å². The standard InChI is InChI=1S/C14H11ClN2OS/c1-7-12(8(2)18-17-7)10-6-11(19)9-4-3-5-16-14(9)13(10)15/h3-6,19H,1-2H3. The minimum Gasteiger partial charge on any atom is -0.361 e. The van der Waals surface area contributed by atoms with Crippen LogP contribution >= 0.6 is 24.2 Å². The van der Waals surface area contributed by atoms with Crippen LogP contribution < -0.4 is 0 Å². The van der Waals surface area contributed by atoms with Gasteiger partial charge >= 0.3 is 0 Å². The summed E-state index contributed by atoms with van der Waals surface area (Å²) in [5.74, 6) is 0.738. The van der Waals surface area contributed by atoms with E-state index in [1.54, 1.807) is 6.20 Å². The molecule has 96 valence electrons. The molecule has 1 aromatic carbocycles. The summed E-state index contributed by atoms with van der Waals surface area (Å²) in [6.45, 7) is 3.76. The van der Waals surface area contributed by atoms with Crippen molar-refractivity contribution in [2.45, 2.75) is 18.7 Å². The summed E-state index contributed by atoms with van der Waals surface area (Å²) in [6.07, 6.45) is 1.72. The van der Waals surface area contributed by atoms with E-state index in [0.717, 1.165) is 38.4 Å². The van der Waals surface area contributed by atoms with Crippen LogP contribution in [0.2, 0.25) is 5.02 Å². The molecule has 0 spiro atoms. The van der Waals surface area contributed by atoms with Gasteiger partial charge in [-0.05, 0) is 26.0 Å². The third-order valence-corrected chi connectivity index (χ3v) is 3.86. The highest BCUT2D eigenvalue weighted by Gasteiger charge is 2.18. The molecule has 5 heteroatoms. The molecule has 2 aromatic heterocycles. The number of halogens is 1. The van der Waals surface area contributed by atoms with E-state index in [-0.39, 0.29) is 0 Å². The highest BCUT2D eigenvalue weighted by atomic mass is 35.5. The Bertz CT molecular complexity index is 763. The smallest absolute Gasteiger partial charge is 0.141 e. The van der Waals surface area contributed by atoms with Crippen LogP contribution in [0.5, 0.6) is 0 Å². The summed E-state index contributed by atoms with van der Waals surface area (Å²) in [5.41, 5.74) is 3.32. The van der Waals surface area contributed by atoms with E-state index in [1.165, 1.54) is 0 Å². The van der Waals surface area contributed by atoms with E-state index in [2.05, 4.69) is 22.8 Å². The Hall–Kier alpha value is -1.52. The zero-order chi connectivity index (χ0) is 13.6. The lowest BCUT2D eigenvalue weighted by molar-refractivity contribution is 0.393. The molecule has 3 nitrogen and oxygen atoms in total. The van der Waals surface area contributed by atoms with Gasteiger partial charge in [-0.1, -0.05) is 22.8 Å². The van der Waals surface area contributed by atoms with Gasteiger partial charge in [0.1, 0.15) is 5.76 Å². The first-order valence-electron chi connectivity index (χ1n) is 5.79. The molecule has 0 aliphatic rings. The molecule has 0 N–H and O–H groups in total. The molecule has 0 amide bonds. The molecule has 0 bridgehead atoms. The average Bonchev–Trinajstić information content (AvgIpc) is 2.74. The highest BCUT2D eigenvalue weighted by molar-refractivity contribution is 7.80. The summed E-state index contributed by atoms with van der Waals surface area (Å²) in [5, 5.41) is 5.50. The molecule has 0 radical (unpaired) electrons. The van der Waals surface area contributed by atoms with Gasteiger partial charge in [0.2, 0.25) is 0 Å².